The highest BCUT2D eigenvalue weighted by molar-refractivity contribution is 5.96. The van der Waals surface area contributed by atoms with Crippen molar-refractivity contribution in [2.75, 3.05) is 30.3 Å². The molecular formula is C24H31N3O3. The summed E-state index contributed by atoms with van der Waals surface area (Å²) in [5, 5.41) is 5.99. The number of hydrogen-bond acceptors (Lipinski definition) is 4. The van der Waals surface area contributed by atoms with Crippen molar-refractivity contribution in [3.63, 3.8) is 0 Å². The first-order valence-corrected chi connectivity index (χ1v) is 10.8. The summed E-state index contributed by atoms with van der Waals surface area (Å²) < 4.78 is 6.01. The SMILES string of the molecule is CCN(CC)C(=O)c1ccc(NC(=O)CNc2cccc(OC3CCCC3)c2)cc1. The van der Waals surface area contributed by atoms with Crippen LogP contribution in [0.4, 0.5) is 11.4 Å². The first kappa shape index (κ1) is 21.7. The van der Waals surface area contributed by atoms with Gasteiger partial charge in [0.25, 0.3) is 5.91 Å². The Morgan fingerprint density at radius 3 is 2.37 bits per heavy atom. The van der Waals surface area contributed by atoms with Gasteiger partial charge < -0.3 is 20.3 Å². The van der Waals surface area contributed by atoms with E-state index in [1.807, 2.05) is 38.1 Å². The molecule has 2 amide bonds. The smallest absolute Gasteiger partial charge is 0.253 e. The van der Waals surface area contributed by atoms with Gasteiger partial charge in [-0.15, -0.1) is 0 Å². The highest BCUT2D eigenvalue weighted by Gasteiger charge is 2.16. The predicted molar refractivity (Wildman–Crippen MR) is 120 cm³/mol. The van der Waals surface area contributed by atoms with E-state index in [2.05, 4.69) is 10.6 Å². The Bertz CT molecular complexity index is 841. The highest BCUT2D eigenvalue weighted by Crippen LogP contribution is 2.25. The number of hydrogen-bond donors (Lipinski definition) is 2. The van der Waals surface area contributed by atoms with Crippen LogP contribution in [-0.4, -0.2) is 42.5 Å². The van der Waals surface area contributed by atoms with Crippen LogP contribution < -0.4 is 15.4 Å². The van der Waals surface area contributed by atoms with Gasteiger partial charge in [0.2, 0.25) is 5.91 Å². The van der Waals surface area contributed by atoms with Crippen LogP contribution in [0.2, 0.25) is 0 Å². The number of ether oxygens (including phenoxy) is 1. The first-order chi connectivity index (χ1) is 14.6. The fourth-order valence-corrected chi connectivity index (χ4v) is 3.66. The number of anilines is 2. The third-order valence-corrected chi connectivity index (χ3v) is 5.36. The number of amides is 2. The largest absolute Gasteiger partial charge is 0.490 e. The van der Waals surface area contributed by atoms with Crippen molar-refractivity contribution in [3.8, 4) is 5.75 Å². The Hall–Kier alpha value is -3.02. The van der Waals surface area contributed by atoms with E-state index in [9.17, 15) is 9.59 Å². The minimum atomic E-state index is -0.153. The van der Waals surface area contributed by atoms with E-state index in [-0.39, 0.29) is 18.4 Å². The molecule has 30 heavy (non-hydrogen) atoms. The summed E-state index contributed by atoms with van der Waals surface area (Å²) >= 11 is 0. The second-order valence-electron chi connectivity index (χ2n) is 7.51. The molecule has 1 aliphatic rings. The molecule has 0 heterocycles. The number of carbonyl (C=O) groups excluding carboxylic acids is 2. The van der Waals surface area contributed by atoms with E-state index >= 15 is 0 Å². The van der Waals surface area contributed by atoms with E-state index in [0.29, 0.717) is 30.4 Å². The lowest BCUT2D eigenvalue weighted by atomic mass is 10.1. The second kappa shape index (κ2) is 10.7. The molecule has 160 valence electrons. The van der Waals surface area contributed by atoms with Crippen molar-refractivity contribution in [2.45, 2.75) is 45.6 Å². The molecule has 2 aromatic carbocycles. The van der Waals surface area contributed by atoms with Crippen molar-refractivity contribution < 1.29 is 14.3 Å². The van der Waals surface area contributed by atoms with Gasteiger partial charge in [0.1, 0.15) is 5.75 Å². The van der Waals surface area contributed by atoms with E-state index in [1.165, 1.54) is 12.8 Å². The molecule has 0 saturated heterocycles. The van der Waals surface area contributed by atoms with Gasteiger partial charge in [0, 0.05) is 36.1 Å². The van der Waals surface area contributed by atoms with Crippen molar-refractivity contribution >= 4 is 23.2 Å². The summed E-state index contributed by atoms with van der Waals surface area (Å²) in [6.45, 7) is 5.41. The molecule has 0 unspecified atom stereocenters. The van der Waals surface area contributed by atoms with Gasteiger partial charge >= 0.3 is 0 Å². The summed E-state index contributed by atoms with van der Waals surface area (Å²) in [4.78, 5) is 26.4. The zero-order chi connectivity index (χ0) is 21.3. The Kier molecular flexibility index (Phi) is 7.71. The molecule has 2 N–H and O–H groups in total. The Labute approximate surface area is 178 Å². The van der Waals surface area contributed by atoms with Crippen LogP contribution in [-0.2, 0) is 4.79 Å². The zero-order valence-corrected chi connectivity index (χ0v) is 17.8. The molecule has 6 nitrogen and oxygen atoms in total. The second-order valence-corrected chi connectivity index (χ2v) is 7.51. The monoisotopic (exact) mass is 409 g/mol. The van der Waals surface area contributed by atoms with Gasteiger partial charge in [-0.2, -0.15) is 0 Å². The Balaban J connectivity index is 1.49. The number of nitrogens with one attached hydrogen (secondary N) is 2. The molecule has 0 aromatic heterocycles. The molecule has 2 aromatic rings. The standard InChI is InChI=1S/C24H31N3O3/c1-3-27(4-2)24(29)18-12-14-19(15-13-18)26-23(28)17-25-20-8-7-11-22(16-20)30-21-9-5-6-10-21/h7-8,11-16,21,25H,3-6,9-10,17H2,1-2H3,(H,26,28). The number of benzene rings is 2. The van der Waals surface area contributed by atoms with Crippen LogP contribution in [0.1, 0.15) is 49.9 Å². The van der Waals surface area contributed by atoms with E-state index in [0.717, 1.165) is 24.3 Å². The van der Waals surface area contributed by atoms with Crippen molar-refractivity contribution in [3.05, 3.63) is 54.1 Å². The van der Waals surface area contributed by atoms with Gasteiger partial charge in [0.15, 0.2) is 0 Å². The lowest BCUT2D eigenvalue weighted by Gasteiger charge is -2.18. The summed E-state index contributed by atoms with van der Waals surface area (Å²) in [6, 6.07) is 14.7. The summed E-state index contributed by atoms with van der Waals surface area (Å²) in [5.41, 5.74) is 2.13. The van der Waals surface area contributed by atoms with E-state index in [1.54, 1.807) is 29.2 Å². The predicted octanol–water partition coefficient (Wildman–Crippen LogP) is 4.54. The van der Waals surface area contributed by atoms with Gasteiger partial charge in [-0.3, -0.25) is 9.59 Å². The number of rotatable bonds is 9. The highest BCUT2D eigenvalue weighted by atomic mass is 16.5. The molecule has 3 rings (SSSR count). The minimum absolute atomic E-state index is 0.000696. The van der Waals surface area contributed by atoms with E-state index < -0.39 is 0 Å². The fraction of sp³-hybridized carbons (Fsp3) is 0.417. The van der Waals surface area contributed by atoms with Crippen molar-refractivity contribution in [2.24, 2.45) is 0 Å². The summed E-state index contributed by atoms with van der Waals surface area (Å²) in [7, 11) is 0. The third kappa shape index (κ3) is 5.99. The Morgan fingerprint density at radius 1 is 1.00 bits per heavy atom. The maximum absolute atomic E-state index is 12.4. The maximum Gasteiger partial charge on any atom is 0.253 e. The van der Waals surface area contributed by atoms with Gasteiger partial charge in [-0.05, 0) is 75.9 Å². The lowest BCUT2D eigenvalue weighted by molar-refractivity contribution is -0.114. The fourth-order valence-electron chi connectivity index (χ4n) is 3.66. The molecule has 0 bridgehead atoms. The Morgan fingerprint density at radius 2 is 1.70 bits per heavy atom. The maximum atomic E-state index is 12.4. The average Bonchev–Trinajstić information content (AvgIpc) is 3.27. The summed E-state index contributed by atoms with van der Waals surface area (Å²) in [5.74, 6) is 0.681. The average molecular weight is 410 g/mol. The number of carbonyl (C=O) groups is 2. The minimum Gasteiger partial charge on any atom is -0.490 e. The topological polar surface area (TPSA) is 70.7 Å². The third-order valence-electron chi connectivity index (χ3n) is 5.36. The van der Waals surface area contributed by atoms with Gasteiger partial charge in [-0.1, -0.05) is 6.07 Å². The normalized spacial score (nSPS) is 13.7. The van der Waals surface area contributed by atoms with Gasteiger partial charge in [0.05, 0.1) is 12.6 Å². The quantitative estimate of drug-likeness (QED) is 0.638. The molecule has 1 fully saturated rings. The van der Waals surface area contributed by atoms with Crippen LogP contribution in [0.15, 0.2) is 48.5 Å². The summed E-state index contributed by atoms with van der Waals surface area (Å²) in [6.07, 6.45) is 4.99. The molecule has 0 atom stereocenters. The molecule has 0 spiro atoms. The zero-order valence-electron chi connectivity index (χ0n) is 17.8. The van der Waals surface area contributed by atoms with Crippen LogP contribution in [0.3, 0.4) is 0 Å². The molecule has 6 heteroatoms. The van der Waals surface area contributed by atoms with Crippen LogP contribution in [0.25, 0.3) is 0 Å². The molecule has 1 aliphatic carbocycles. The van der Waals surface area contributed by atoms with Crippen LogP contribution in [0, 0.1) is 0 Å². The van der Waals surface area contributed by atoms with Crippen molar-refractivity contribution in [1.82, 2.24) is 4.90 Å². The number of nitrogens with zero attached hydrogens (tertiary/aromatic N) is 1. The molecule has 1 saturated carbocycles. The van der Waals surface area contributed by atoms with E-state index in [4.69, 9.17) is 4.74 Å². The van der Waals surface area contributed by atoms with Crippen molar-refractivity contribution in [1.29, 1.82) is 0 Å². The first-order valence-electron chi connectivity index (χ1n) is 10.8. The van der Waals surface area contributed by atoms with Crippen LogP contribution >= 0.6 is 0 Å². The van der Waals surface area contributed by atoms with Gasteiger partial charge in [-0.25, -0.2) is 0 Å². The molecule has 0 radical (unpaired) electrons. The van der Waals surface area contributed by atoms with Crippen LogP contribution in [0.5, 0.6) is 5.75 Å². The molecule has 0 aliphatic heterocycles. The molecular weight excluding hydrogens is 378 g/mol. The lowest BCUT2D eigenvalue weighted by Crippen LogP contribution is -2.30.